The fourth-order valence-electron chi connectivity index (χ4n) is 2.53. The average Bonchev–Trinajstić information content (AvgIpc) is 3.04. The van der Waals surface area contributed by atoms with Crippen LogP contribution in [0.25, 0.3) is 0 Å². The summed E-state index contributed by atoms with van der Waals surface area (Å²) in [7, 11) is 1.68. The largest absolute Gasteiger partial charge is 0.493 e. The minimum absolute atomic E-state index is 0.00741. The molecule has 1 aliphatic carbocycles. The molecular weight excluding hydrogens is 246 g/mol. The van der Waals surface area contributed by atoms with Crippen molar-refractivity contribution in [2.24, 2.45) is 5.73 Å². The monoisotopic (exact) mass is 269 g/mol. The van der Waals surface area contributed by atoms with Gasteiger partial charge in [0.05, 0.1) is 25.0 Å². The Kier molecular flexibility index (Phi) is 4.95. The summed E-state index contributed by atoms with van der Waals surface area (Å²) in [5.74, 6) is 1.77. The molecule has 1 aromatic rings. The maximum atomic E-state index is 6.31. The van der Waals surface area contributed by atoms with Gasteiger partial charge >= 0.3 is 0 Å². The van der Waals surface area contributed by atoms with E-state index in [0.717, 1.165) is 29.0 Å². The van der Waals surface area contributed by atoms with E-state index in [9.17, 15) is 0 Å². The molecule has 1 saturated carbocycles. The van der Waals surface area contributed by atoms with E-state index < -0.39 is 0 Å². The van der Waals surface area contributed by atoms with Crippen LogP contribution in [-0.4, -0.2) is 27.9 Å². The predicted octanol–water partition coefficient (Wildman–Crippen LogP) is 2.59. The van der Waals surface area contributed by atoms with Crippen LogP contribution in [0.4, 0.5) is 0 Å². The van der Waals surface area contributed by atoms with Crippen LogP contribution in [0, 0.1) is 0 Å². The lowest BCUT2D eigenvalue weighted by molar-refractivity contribution is 0.403. The summed E-state index contributed by atoms with van der Waals surface area (Å²) in [6.45, 7) is 2.91. The minimum atomic E-state index is 0.00741. The fraction of sp³-hybridized carbons (Fsp3) is 0.769. The summed E-state index contributed by atoms with van der Waals surface area (Å²) in [5.41, 5.74) is 7.34. The molecular formula is C13H23N3OS. The van der Waals surface area contributed by atoms with Crippen LogP contribution in [0.2, 0.25) is 0 Å². The molecule has 0 aromatic carbocycles. The molecule has 1 atom stereocenters. The van der Waals surface area contributed by atoms with Gasteiger partial charge in [-0.2, -0.15) is 16.9 Å². The molecule has 0 saturated heterocycles. The zero-order chi connectivity index (χ0) is 13.0. The number of ether oxygens (including phenoxy) is 1. The third-order valence-corrected chi connectivity index (χ3v) is 5.02. The van der Waals surface area contributed by atoms with Crippen LogP contribution in [0.5, 0.6) is 5.75 Å². The Labute approximate surface area is 113 Å². The maximum Gasteiger partial charge on any atom is 0.161 e. The van der Waals surface area contributed by atoms with Gasteiger partial charge < -0.3 is 10.5 Å². The van der Waals surface area contributed by atoms with Gasteiger partial charge in [-0.1, -0.05) is 12.8 Å². The van der Waals surface area contributed by atoms with Crippen molar-refractivity contribution in [1.29, 1.82) is 0 Å². The zero-order valence-corrected chi connectivity index (χ0v) is 12.1. The molecule has 0 spiro atoms. The zero-order valence-electron chi connectivity index (χ0n) is 11.3. The van der Waals surface area contributed by atoms with Gasteiger partial charge in [0.1, 0.15) is 0 Å². The highest BCUT2D eigenvalue weighted by atomic mass is 32.2. The molecule has 1 aliphatic rings. The van der Waals surface area contributed by atoms with Crippen LogP contribution in [0.3, 0.4) is 0 Å². The Morgan fingerprint density at radius 1 is 1.56 bits per heavy atom. The van der Waals surface area contributed by atoms with Gasteiger partial charge in [0.2, 0.25) is 0 Å². The lowest BCUT2D eigenvalue weighted by Gasteiger charge is -2.17. The van der Waals surface area contributed by atoms with Crippen molar-refractivity contribution in [3.05, 3.63) is 11.9 Å². The lowest BCUT2D eigenvalue weighted by Crippen LogP contribution is -2.20. The Morgan fingerprint density at radius 3 is 2.89 bits per heavy atom. The normalized spacial score (nSPS) is 18.2. The molecule has 0 aliphatic heterocycles. The Hall–Kier alpha value is -0.680. The van der Waals surface area contributed by atoms with Crippen LogP contribution in [-0.2, 0) is 6.54 Å². The van der Waals surface area contributed by atoms with E-state index in [4.69, 9.17) is 10.5 Å². The summed E-state index contributed by atoms with van der Waals surface area (Å²) in [6, 6.07) is 0.00741. The number of aryl methyl sites for hydroxylation is 1. The van der Waals surface area contributed by atoms with E-state index in [2.05, 4.69) is 12.0 Å². The van der Waals surface area contributed by atoms with Gasteiger partial charge in [-0.05, 0) is 19.8 Å². The van der Waals surface area contributed by atoms with Crippen molar-refractivity contribution in [1.82, 2.24) is 9.78 Å². The molecule has 0 amide bonds. The summed E-state index contributed by atoms with van der Waals surface area (Å²) >= 11 is 2.01. The molecule has 2 N–H and O–H groups in total. The first-order chi connectivity index (χ1) is 8.76. The third kappa shape index (κ3) is 3.01. The highest BCUT2D eigenvalue weighted by molar-refractivity contribution is 7.99. The Bertz CT molecular complexity index is 353. The molecule has 4 nitrogen and oxygen atoms in total. The number of nitrogens with two attached hydrogens (primary N) is 1. The minimum Gasteiger partial charge on any atom is -0.493 e. The predicted molar refractivity (Wildman–Crippen MR) is 76.1 cm³/mol. The van der Waals surface area contributed by atoms with Gasteiger partial charge in [-0.3, -0.25) is 4.68 Å². The van der Waals surface area contributed by atoms with Crippen molar-refractivity contribution in [3.8, 4) is 5.75 Å². The molecule has 0 radical (unpaired) electrons. The van der Waals surface area contributed by atoms with Crippen molar-refractivity contribution >= 4 is 11.8 Å². The number of thioether (sulfide) groups is 1. The van der Waals surface area contributed by atoms with E-state index >= 15 is 0 Å². The molecule has 102 valence electrons. The molecule has 1 unspecified atom stereocenters. The third-order valence-electron chi connectivity index (χ3n) is 3.53. The van der Waals surface area contributed by atoms with Crippen LogP contribution >= 0.6 is 11.8 Å². The van der Waals surface area contributed by atoms with E-state index in [1.807, 2.05) is 16.4 Å². The molecule has 5 heteroatoms. The number of nitrogens with zero attached hydrogens (tertiary/aromatic N) is 2. The van der Waals surface area contributed by atoms with E-state index in [-0.39, 0.29) is 6.04 Å². The average molecular weight is 269 g/mol. The Morgan fingerprint density at radius 2 is 2.28 bits per heavy atom. The maximum absolute atomic E-state index is 6.31. The second-order valence-corrected chi connectivity index (χ2v) is 6.09. The van der Waals surface area contributed by atoms with Crippen LogP contribution in [0.1, 0.15) is 44.3 Å². The van der Waals surface area contributed by atoms with Gasteiger partial charge in [-0.25, -0.2) is 0 Å². The molecule has 2 rings (SSSR count). The van der Waals surface area contributed by atoms with Crippen molar-refractivity contribution in [2.75, 3.05) is 12.9 Å². The SMILES string of the molecule is CCn1ncc(OC)c1C(N)CSC1CCCC1. The summed E-state index contributed by atoms with van der Waals surface area (Å²) < 4.78 is 7.29. The Balaban J connectivity index is 1.98. The molecule has 1 fully saturated rings. The summed E-state index contributed by atoms with van der Waals surface area (Å²) in [6.07, 6.45) is 7.22. The van der Waals surface area contributed by atoms with Gasteiger partial charge in [-0.15, -0.1) is 0 Å². The van der Waals surface area contributed by atoms with Crippen LogP contribution in [0.15, 0.2) is 6.20 Å². The van der Waals surface area contributed by atoms with Gasteiger partial charge in [0.15, 0.2) is 5.75 Å². The second kappa shape index (κ2) is 6.48. The van der Waals surface area contributed by atoms with Gasteiger partial charge in [0.25, 0.3) is 0 Å². The molecule has 0 bridgehead atoms. The van der Waals surface area contributed by atoms with Crippen molar-refractivity contribution in [2.45, 2.75) is 50.4 Å². The van der Waals surface area contributed by atoms with Crippen LogP contribution < -0.4 is 10.5 Å². The first kappa shape index (κ1) is 13.7. The van der Waals surface area contributed by atoms with E-state index in [1.165, 1.54) is 25.7 Å². The highest BCUT2D eigenvalue weighted by Crippen LogP contribution is 2.33. The molecule has 1 aromatic heterocycles. The number of aromatic nitrogens is 2. The number of hydrogen-bond acceptors (Lipinski definition) is 4. The fourth-order valence-corrected chi connectivity index (χ4v) is 3.84. The first-order valence-electron chi connectivity index (χ1n) is 6.73. The number of hydrogen-bond donors (Lipinski definition) is 1. The van der Waals surface area contributed by atoms with E-state index in [0.29, 0.717) is 0 Å². The quantitative estimate of drug-likeness (QED) is 0.862. The topological polar surface area (TPSA) is 53.1 Å². The van der Waals surface area contributed by atoms with Crippen molar-refractivity contribution in [3.63, 3.8) is 0 Å². The lowest BCUT2D eigenvalue weighted by atomic mass is 10.2. The van der Waals surface area contributed by atoms with Gasteiger partial charge in [0, 0.05) is 17.5 Å². The molecule has 1 heterocycles. The van der Waals surface area contributed by atoms with E-state index in [1.54, 1.807) is 13.3 Å². The number of rotatable bonds is 6. The van der Waals surface area contributed by atoms with Crippen molar-refractivity contribution < 1.29 is 4.74 Å². The molecule has 18 heavy (non-hydrogen) atoms. The standard InChI is InChI=1S/C13H23N3OS/c1-3-16-13(12(17-2)8-15-16)11(14)9-18-10-6-4-5-7-10/h8,10-11H,3-7,9,14H2,1-2H3. The smallest absolute Gasteiger partial charge is 0.161 e. The highest BCUT2D eigenvalue weighted by Gasteiger charge is 2.21. The second-order valence-electron chi connectivity index (χ2n) is 4.76. The first-order valence-corrected chi connectivity index (χ1v) is 7.78. The summed E-state index contributed by atoms with van der Waals surface area (Å²) in [4.78, 5) is 0. The number of methoxy groups -OCH3 is 1. The summed E-state index contributed by atoms with van der Waals surface area (Å²) in [5, 5.41) is 5.11.